The summed E-state index contributed by atoms with van der Waals surface area (Å²) in [6.45, 7) is 6.90. The van der Waals surface area contributed by atoms with Crippen LogP contribution in [0.5, 0.6) is 0 Å². The highest BCUT2D eigenvalue weighted by molar-refractivity contribution is 5.69. The van der Waals surface area contributed by atoms with Gasteiger partial charge in [0, 0.05) is 6.61 Å². The van der Waals surface area contributed by atoms with Gasteiger partial charge in [0.1, 0.15) is 0 Å². The summed E-state index contributed by atoms with van der Waals surface area (Å²) >= 11 is 0. The van der Waals surface area contributed by atoms with Crippen LogP contribution in [0.3, 0.4) is 0 Å². The van der Waals surface area contributed by atoms with Crippen LogP contribution >= 0.6 is 0 Å². The maximum atomic E-state index is 10.9. The zero-order valence-corrected chi connectivity index (χ0v) is 8.13. The lowest BCUT2D eigenvalue weighted by Crippen LogP contribution is -2.13. The van der Waals surface area contributed by atoms with Crippen molar-refractivity contribution < 1.29 is 14.3 Å². The van der Waals surface area contributed by atoms with Gasteiger partial charge in [-0.2, -0.15) is 0 Å². The zero-order chi connectivity index (χ0) is 9.40. The molecule has 12 heavy (non-hydrogen) atoms. The fourth-order valence-corrected chi connectivity index (χ4v) is 0.724. The Morgan fingerprint density at radius 3 is 2.50 bits per heavy atom. The van der Waals surface area contributed by atoms with Crippen molar-refractivity contribution in [2.75, 3.05) is 13.2 Å². The van der Waals surface area contributed by atoms with Crippen LogP contribution in [0.2, 0.25) is 0 Å². The van der Waals surface area contributed by atoms with E-state index in [-0.39, 0.29) is 12.1 Å². The summed E-state index contributed by atoms with van der Waals surface area (Å²) in [5.41, 5.74) is 0. The smallest absolute Gasteiger partial charge is 0.308 e. The lowest BCUT2D eigenvalue weighted by atomic mass is 10.4. The van der Waals surface area contributed by atoms with Crippen LogP contribution in [-0.2, 0) is 14.3 Å². The molecule has 0 amide bonds. The maximum Gasteiger partial charge on any atom is 0.308 e. The molecule has 72 valence electrons. The minimum Gasteiger partial charge on any atom is -0.463 e. The van der Waals surface area contributed by atoms with Crippen molar-refractivity contribution in [3.63, 3.8) is 0 Å². The Hall–Kier alpha value is -0.570. The molecule has 0 rings (SSSR count). The molecule has 0 bridgehead atoms. The summed E-state index contributed by atoms with van der Waals surface area (Å²) in [6, 6.07) is 0. The number of hydrogen-bond donors (Lipinski definition) is 0. The van der Waals surface area contributed by atoms with Gasteiger partial charge in [0.05, 0.1) is 19.1 Å². The van der Waals surface area contributed by atoms with Crippen LogP contribution in [0.4, 0.5) is 0 Å². The van der Waals surface area contributed by atoms with Crippen molar-refractivity contribution in [1.29, 1.82) is 0 Å². The highest BCUT2D eigenvalue weighted by Crippen LogP contribution is 1.94. The molecule has 0 spiro atoms. The number of rotatable bonds is 6. The largest absolute Gasteiger partial charge is 0.463 e. The molecule has 0 aromatic carbocycles. The third-order valence-corrected chi connectivity index (χ3v) is 1.17. The van der Waals surface area contributed by atoms with Crippen molar-refractivity contribution in [2.24, 2.45) is 0 Å². The normalized spacial score (nSPS) is 10.3. The van der Waals surface area contributed by atoms with E-state index in [1.807, 2.05) is 20.8 Å². The van der Waals surface area contributed by atoms with Gasteiger partial charge >= 0.3 is 5.97 Å². The van der Waals surface area contributed by atoms with E-state index in [1.165, 1.54) is 0 Å². The zero-order valence-electron chi connectivity index (χ0n) is 8.13. The van der Waals surface area contributed by atoms with Crippen LogP contribution in [0.15, 0.2) is 0 Å². The summed E-state index contributed by atoms with van der Waals surface area (Å²) in [7, 11) is 0. The second-order valence-corrected chi connectivity index (χ2v) is 2.90. The first-order valence-corrected chi connectivity index (χ1v) is 4.44. The molecule has 0 unspecified atom stereocenters. The molecule has 0 N–H and O–H groups in total. The second kappa shape index (κ2) is 7.10. The predicted molar refractivity (Wildman–Crippen MR) is 47.0 cm³/mol. The van der Waals surface area contributed by atoms with E-state index in [9.17, 15) is 4.79 Å². The number of hydrogen-bond acceptors (Lipinski definition) is 3. The summed E-state index contributed by atoms with van der Waals surface area (Å²) in [5.74, 6) is -0.180. The molecule has 0 heterocycles. The molecule has 0 aliphatic heterocycles. The van der Waals surface area contributed by atoms with E-state index in [2.05, 4.69) is 0 Å². The number of ether oxygens (including phenoxy) is 2. The van der Waals surface area contributed by atoms with Gasteiger partial charge < -0.3 is 9.47 Å². The van der Waals surface area contributed by atoms with Crippen LogP contribution in [-0.4, -0.2) is 25.3 Å². The molecule has 0 saturated heterocycles. The van der Waals surface area contributed by atoms with Crippen molar-refractivity contribution >= 4 is 5.97 Å². The van der Waals surface area contributed by atoms with Gasteiger partial charge in [-0.1, -0.05) is 6.92 Å². The van der Waals surface area contributed by atoms with E-state index in [0.29, 0.717) is 13.0 Å². The first kappa shape index (κ1) is 11.4. The van der Waals surface area contributed by atoms with Crippen molar-refractivity contribution in [2.45, 2.75) is 39.7 Å². The fraction of sp³-hybridized carbons (Fsp3) is 0.889. The van der Waals surface area contributed by atoms with E-state index in [4.69, 9.17) is 9.47 Å². The molecule has 3 nitrogen and oxygen atoms in total. The minimum atomic E-state index is -0.180. The molecule has 0 radical (unpaired) electrons. The van der Waals surface area contributed by atoms with Crippen LogP contribution in [0.1, 0.15) is 33.6 Å². The van der Waals surface area contributed by atoms with Crippen LogP contribution in [0.25, 0.3) is 0 Å². The summed E-state index contributed by atoms with van der Waals surface area (Å²) in [5, 5.41) is 0. The van der Waals surface area contributed by atoms with Gasteiger partial charge in [-0.15, -0.1) is 0 Å². The summed E-state index contributed by atoms with van der Waals surface area (Å²) < 4.78 is 10.0. The summed E-state index contributed by atoms with van der Waals surface area (Å²) in [6.07, 6.45) is 1.32. The van der Waals surface area contributed by atoms with Gasteiger partial charge in [-0.05, 0) is 20.3 Å². The van der Waals surface area contributed by atoms with Crippen molar-refractivity contribution in [3.8, 4) is 0 Å². The van der Waals surface area contributed by atoms with Gasteiger partial charge in [0.15, 0.2) is 0 Å². The third kappa shape index (κ3) is 7.54. The molecule has 0 fully saturated rings. The lowest BCUT2D eigenvalue weighted by Gasteiger charge is -2.07. The van der Waals surface area contributed by atoms with Gasteiger partial charge in [0.2, 0.25) is 0 Å². The minimum absolute atomic E-state index is 0.0244. The number of carbonyl (C=O) groups is 1. The van der Waals surface area contributed by atoms with Gasteiger partial charge in [-0.25, -0.2) is 0 Å². The molecule has 0 aromatic heterocycles. The molecular weight excluding hydrogens is 156 g/mol. The first-order valence-electron chi connectivity index (χ1n) is 4.44. The summed E-state index contributed by atoms with van der Waals surface area (Å²) in [4.78, 5) is 10.9. The number of esters is 1. The van der Waals surface area contributed by atoms with Crippen LogP contribution in [0, 0.1) is 0 Å². The standard InChI is InChI=1S/C9H18O3/c1-4-6-11-7-5-9(10)12-8(2)3/h8H,4-7H2,1-3H3. The van der Waals surface area contributed by atoms with E-state index in [0.717, 1.165) is 13.0 Å². The van der Waals surface area contributed by atoms with Crippen molar-refractivity contribution in [3.05, 3.63) is 0 Å². The predicted octanol–water partition coefficient (Wildman–Crippen LogP) is 1.75. The topological polar surface area (TPSA) is 35.5 Å². The molecule has 0 saturated carbocycles. The average Bonchev–Trinajstić information content (AvgIpc) is 1.97. The fourth-order valence-electron chi connectivity index (χ4n) is 0.724. The Labute approximate surface area is 74.0 Å². The highest BCUT2D eigenvalue weighted by Gasteiger charge is 2.03. The Kier molecular flexibility index (Phi) is 6.76. The Morgan fingerprint density at radius 2 is 2.00 bits per heavy atom. The Bertz CT molecular complexity index is 121. The quantitative estimate of drug-likeness (QED) is 0.454. The SMILES string of the molecule is CCCOCCC(=O)OC(C)C. The monoisotopic (exact) mass is 174 g/mol. The van der Waals surface area contributed by atoms with E-state index < -0.39 is 0 Å². The molecule has 3 heteroatoms. The highest BCUT2D eigenvalue weighted by atomic mass is 16.5. The van der Waals surface area contributed by atoms with Crippen LogP contribution < -0.4 is 0 Å². The van der Waals surface area contributed by atoms with E-state index in [1.54, 1.807) is 0 Å². The number of carbonyl (C=O) groups excluding carboxylic acids is 1. The Balaban J connectivity index is 3.20. The van der Waals surface area contributed by atoms with E-state index >= 15 is 0 Å². The maximum absolute atomic E-state index is 10.9. The molecule has 0 aliphatic rings. The molecule has 0 aromatic rings. The molecular formula is C9H18O3. The average molecular weight is 174 g/mol. The second-order valence-electron chi connectivity index (χ2n) is 2.90. The first-order chi connectivity index (χ1) is 5.66. The van der Waals surface area contributed by atoms with Gasteiger partial charge in [0.25, 0.3) is 0 Å². The van der Waals surface area contributed by atoms with Gasteiger partial charge in [-0.3, -0.25) is 4.79 Å². The lowest BCUT2D eigenvalue weighted by molar-refractivity contribution is -0.148. The molecule has 0 atom stereocenters. The van der Waals surface area contributed by atoms with Crippen molar-refractivity contribution in [1.82, 2.24) is 0 Å². The molecule has 0 aliphatic carbocycles. The Morgan fingerprint density at radius 1 is 1.33 bits per heavy atom. The third-order valence-electron chi connectivity index (χ3n) is 1.17.